The van der Waals surface area contributed by atoms with Crippen molar-refractivity contribution in [2.24, 2.45) is 17.8 Å². The zero-order valence-corrected chi connectivity index (χ0v) is 24.4. The topological polar surface area (TPSA) is 99.3 Å². The number of hydrogen-bond acceptors (Lipinski definition) is 7. The SMILES string of the molecule is CNC(=O)OC1CCC[C@@H]1C(Cn1cnnc1)(c1ccccc1)C1CCN(CC2CN(c3ccc(C#N)cc3)C2)CC1. The summed E-state index contributed by atoms with van der Waals surface area (Å²) in [7, 11) is 1.63. The number of nitrogens with zero attached hydrogens (tertiary/aromatic N) is 6. The number of carbonyl (C=O) groups excluding carboxylic acids is 1. The quantitative estimate of drug-likeness (QED) is 0.408. The number of nitrogens with one attached hydrogen (secondary N) is 1. The molecule has 3 fully saturated rings. The first kappa shape index (κ1) is 28.2. The van der Waals surface area contributed by atoms with Crippen molar-refractivity contribution in [3.05, 3.63) is 78.4 Å². The Balaban J connectivity index is 1.18. The van der Waals surface area contributed by atoms with E-state index in [1.54, 1.807) is 7.05 Å². The Morgan fingerprint density at radius 1 is 1.02 bits per heavy atom. The van der Waals surface area contributed by atoms with Crippen LogP contribution < -0.4 is 10.2 Å². The predicted octanol–water partition coefficient (Wildman–Crippen LogP) is 4.46. The van der Waals surface area contributed by atoms with Crippen LogP contribution in [0, 0.1) is 29.1 Å². The first-order valence-electron chi connectivity index (χ1n) is 15.3. The smallest absolute Gasteiger partial charge is 0.407 e. The van der Waals surface area contributed by atoms with Crippen molar-refractivity contribution in [2.75, 3.05) is 44.7 Å². The number of benzene rings is 2. The van der Waals surface area contributed by atoms with E-state index in [4.69, 9.17) is 10.00 Å². The summed E-state index contributed by atoms with van der Waals surface area (Å²) in [5.41, 5.74) is 3.04. The summed E-state index contributed by atoms with van der Waals surface area (Å²) in [4.78, 5) is 17.5. The third kappa shape index (κ3) is 5.73. The highest BCUT2D eigenvalue weighted by atomic mass is 16.6. The normalized spacial score (nSPS) is 23.1. The van der Waals surface area contributed by atoms with Gasteiger partial charge in [0.1, 0.15) is 18.8 Å². The molecule has 1 aliphatic carbocycles. The summed E-state index contributed by atoms with van der Waals surface area (Å²) in [6, 6.07) is 21.1. The van der Waals surface area contributed by atoms with Gasteiger partial charge in [0, 0.05) is 56.2 Å². The van der Waals surface area contributed by atoms with Crippen molar-refractivity contribution >= 4 is 11.8 Å². The molecule has 0 radical (unpaired) electrons. The Kier molecular flexibility index (Phi) is 8.43. The lowest BCUT2D eigenvalue weighted by Crippen LogP contribution is -2.55. The van der Waals surface area contributed by atoms with Crippen molar-refractivity contribution in [1.29, 1.82) is 5.26 Å². The van der Waals surface area contributed by atoms with Crippen LogP contribution in [0.2, 0.25) is 0 Å². The van der Waals surface area contributed by atoms with Gasteiger partial charge in [-0.15, -0.1) is 10.2 Å². The number of rotatable bonds is 9. The summed E-state index contributed by atoms with van der Waals surface area (Å²) in [6.45, 7) is 6.16. The monoisotopic (exact) mass is 567 g/mol. The van der Waals surface area contributed by atoms with Gasteiger partial charge < -0.3 is 24.4 Å². The molecule has 220 valence electrons. The molecule has 1 saturated carbocycles. The van der Waals surface area contributed by atoms with Crippen LogP contribution in [0.3, 0.4) is 0 Å². The lowest BCUT2D eigenvalue weighted by Gasteiger charge is -2.51. The number of piperidine rings is 1. The molecule has 3 atom stereocenters. The van der Waals surface area contributed by atoms with Gasteiger partial charge in [-0.05, 0) is 80.9 Å². The van der Waals surface area contributed by atoms with Gasteiger partial charge in [0.2, 0.25) is 0 Å². The Bertz CT molecular complexity index is 1340. The van der Waals surface area contributed by atoms with Crippen LogP contribution in [0.15, 0.2) is 67.3 Å². The third-order valence-corrected chi connectivity index (χ3v) is 9.95. The van der Waals surface area contributed by atoms with E-state index in [0.29, 0.717) is 17.4 Å². The molecule has 2 saturated heterocycles. The Hall–Kier alpha value is -3.90. The van der Waals surface area contributed by atoms with Crippen LogP contribution in [-0.4, -0.2) is 71.6 Å². The molecule has 1 amide bonds. The van der Waals surface area contributed by atoms with E-state index >= 15 is 0 Å². The van der Waals surface area contributed by atoms with Gasteiger partial charge in [-0.3, -0.25) is 0 Å². The fraction of sp³-hybridized carbons (Fsp3) is 0.515. The number of carbonyl (C=O) groups is 1. The number of nitriles is 1. The molecule has 0 bridgehead atoms. The van der Waals surface area contributed by atoms with Gasteiger partial charge in [0.05, 0.1) is 11.6 Å². The summed E-state index contributed by atoms with van der Waals surface area (Å²) in [5, 5.41) is 20.0. The molecule has 3 aliphatic rings. The maximum Gasteiger partial charge on any atom is 0.407 e. The van der Waals surface area contributed by atoms with Crippen molar-refractivity contribution in [3.63, 3.8) is 0 Å². The lowest BCUT2D eigenvalue weighted by atomic mass is 9.58. The predicted molar refractivity (Wildman–Crippen MR) is 161 cm³/mol. The van der Waals surface area contributed by atoms with Gasteiger partial charge >= 0.3 is 6.09 Å². The van der Waals surface area contributed by atoms with Crippen molar-refractivity contribution in [1.82, 2.24) is 25.0 Å². The molecule has 3 heterocycles. The highest BCUT2D eigenvalue weighted by Crippen LogP contribution is 2.52. The molecule has 1 N–H and O–H groups in total. The number of ether oxygens (including phenoxy) is 1. The van der Waals surface area contributed by atoms with Crippen LogP contribution in [0.4, 0.5) is 10.5 Å². The lowest BCUT2D eigenvalue weighted by molar-refractivity contribution is 0.00199. The van der Waals surface area contributed by atoms with Crippen LogP contribution >= 0.6 is 0 Å². The molecule has 0 spiro atoms. The minimum atomic E-state index is -0.344. The summed E-state index contributed by atoms with van der Waals surface area (Å²) < 4.78 is 8.17. The first-order chi connectivity index (χ1) is 20.6. The van der Waals surface area contributed by atoms with E-state index in [1.165, 1.54) is 11.3 Å². The number of aromatic nitrogens is 3. The Morgan fingerprint density at radius 3 is 2.40 bits per heavy atom. The maximum absolute atomic E-state index is 12.4. The van der Waals surface area contributed by atoms with Crippen LogP contribution in [-0.2, 0) is 16.7 Å². The molecule has 3 aromatic rings. The number of alkyl carbamates (subject to hydrolysis) is 1. The number of hydrogen-bond donors (Lipinski definition) is 1. The molecule has 42 heavy (non-hydrogen) atoms. The number of amides is 1. The summed E-state index contributed by atoms with van der Waals surface area (Å²) in [5.74, 6) is 1.31. The molecule has 9 nitrogen and oxygen atoms in total. The average Bonchev–Trinajstić information content (AvgIpc) is 3.71. The summed E-state index contributed by atoms with van der Waals surface area (Å²) >= 11 is 0. The minimum absolute atomic E-state index is 0.122. The largest absolute Gasteiger partial charge is 0.446 e. The van der Waals surface area contributed by atoms with Crippen molar-refractivity contribution < 1.29 is 9.53 Å². The van der Waals surface area contributed by atoms with Crippen LogP contribution in [0.25, 0.3) is 0 Å². The molecule has 1 aromatic heterocycles. The molecule has 2 aliphatic heterocycles. The van der Waals surface area contributed by atoms with Crippen molar-refractivity contribution in [3.8, 4) is 6.07 Å². The molecule has 9 heteroatoms. The summed E-state index contributed by atoms with van der Waals surface area (Å²) in [6.07, 6.45) is 8.38. The minimum Gasteiger partial charge on any atom is -0.446 e. The molecular formula is C33H41N7O2. The Labute approximate surface area is 248 Å². The second kappa shape index (κ2) is 12.5. The zero-order valence-electron chi connectivity index (χ0n) is 24.4. The van der Waals surface area contributed by atoms with Gasteiger partial charge in [-0.25, -0.2) is 4.79 Å². The van der Waals surface area contributed by atoms with Crippen LogP contribution in [0.5, 0.6) is 0 Å². The second-order valence-corrected chi connectivity index (χ2v) is 12.3. The van der Waals surface area contributed by atoms with E-state index in [0.717, 1.165) is 71.4 Å². The van der Waals surface area contributed by atoms with Gasteiger partial charge in [0.25, 0.3) is 0 Å². The number of likely N-dealkylation sites (tertiary alicyclic amines) is 1. The standard InChI is InChI=1S/C33H41N7O2/c1-35-32(41)42-31-9-5-8-30(31)33(22-39-23-36-37-24-39,27-6-3-2-4-7-27)28-14-16-38(17-15-28)19-26-20-40(21-26)29-12-10-25(18-34)11-13-29/h2-4,6-7,10-13,23-24,26,28,30-31H,5,8-9,14-17,19-22H2,1H3,(H,35,41)/t30-,31?,33?/m0/s1. The molecular weight excluding hydrogens is 526 g/mol. The van der Waals surface area contributed by atoms with E-state index in [9.17, 15) is 4.79 Å². The van der Waals surface area contributed by atoms with E-state index in [-0.39, 0.29) is 23.5 Å². The molecule has 6 rings (SSSR count). The van der Waals surface area contributed by atoms with E-state index in [1.807, 2.05) is 24.8 Å². The fourth-order valence-corrected chi connectivity index (χ4v) is 7.94. The zero-order chi connectivity index (χ0) is 28.9. The van der Waals surface area contributed by atoms with E-state index < -0.39 is 0 Å². The highest BCUT2D eigenvalue weighted by Gasteiger charge is 2.53. The number of anilines is 1. The highest BCUT2D eigenvalue weighted by molar-refractivity contribution is 5.67. The first-order valence-corrected chi connectivity index (χ1v) is 15.3. The molecule has 2 aromatic carbocycles. The van der Waals surface area contributed by atoms with Gasteiger partial charge in [-0.1, -0.05) is 30.3 Å². The second-order valence-electron chi connectivity index (χ2n) is 12.3. The third-order valence-electron chi connectivity index (χ3n) is 9.95. The van der Waals surface area contributed by atoms with Crippen molar-refractivity contribution in [2.45, 2.75) is 50.2 Å². The van der Waals surface area contributed by atoms with E-state index in [2.05, 4.69) is 78.4 Å². The van der Waals surface area contributed by atoms with Gasteiger partial charge in [0.15, 0.2) is 0 Å². The van der Waals surface area contributed by atoms with Gasteiger partial charge in [-0.2, -0.15) is 5.26 Å². The fourth-order valence-electron chi connectivity index (χ4n) is 7.94. The van der Waals surface area contributed by atoms with Crippen LogP contribution in [0.1, 0.15) is 43.2 Å². The maximum atomic E-state index is 12.4. The average molecular weight is 568 g/mol. The molecule has 2 unspecified atom stereocenters. The Morgan fingerprint density at radius 2 is 1.74 bits per heavy atom.